The smallest absolute Gasteiger partial charge is 0.274 e. The SMILES string of the molecule is CNCC(O)c1ccc(OC)c(C(C)(F)F)c1. The van der Waals surface area contributed by atoms with E-state index >= 15 is 0 Å². The molecule has 0 fully saturated rings. The van der Waals surface area contributed by atoms with Gasteiger partial charge in [0.05, 0.1) is 18.8 Å². The van der Waals surface area contributed by atoms with Crippen molar-refractivity contribution in [1.82, 2.24) is 5.32 Å². The number of alkyl halides is 2. The summed E-state index contributed by atoms with van der Waals surface area (Å²) in [6.45, 7) is 1.11. The monoisotopic (exact) mass is 245 g/mol. The Labute approximate surface area is 99.4 Å². The largest absolute Gasteiger partial charge is 0.496 e. The topological polar surface area (TPSA) is 41.5 Å². The van der Waals surface area contributed by atoms with E-state index in [1.165, 1.54) is 19.2 Å². The number of hydrogen-bond acceptors (Lipinski definition) is 3. The van der Waals surface area contributed by atoms with Crippen molar-refractivity contribution in [1.29, 1.82) is 0 Å². The van der Waals surface area contributed by atoms with Gasteiger partial charge in [-0.2, -0.15) is 0 Å². The number of benzene rings is 1. The van der Waals surface area contributed by atoms with Crippen molar-refractivity contribution in [2.45, 2.75) is 19.0 Å². The van der Waals surface area contributed by atoms with E-state index in [0.717, 1.165) is 6.92 Å². The van der Waals surface area contributed by atoms with Crippen LogP contribution in [0.4, 0.5) is 8.78 Å². The number of rotatable bonds is 5. The molecule has 0 bridgehead atoms. The minimum absolute atomic E-state index is 0.123. The van der Waals surface area contributed by atoms with Crippen molar-refractivity contribution in [2.75, 3.05) is 20.7 Å². The van der Waals surface area contributed by atoms with Crippen LogP contribution in [0.5, 0.6) is 5.75 Å². The van der Waals surface area contributed by atoms with Crippen LogP contribution in [-0.4, -0.2) is 25.8 Å². The molecule has 1 atom stereocenters. The highest BCUT2D eigenvalue weighted by Crippen LogP contribution is 2.36. The van der Waals surface area contributed by atoms with Crippen molar-refractivity contribution in [3.8, 4) is 5.75 Å². The summed E-state index contributed by atoms with van der Waals surface area (Å²) < 4.78 is 31.6. The van der Waals surface area contributed by atoms with Gasteiger partial charge in [0.2, 0.25) is 0 Å². The molecular formula is C12H17F2NO2. The van der Waals surface area contributed by atoms with E-state index < -0.39 is 12.0 Å². The number of aliphatic hydroxyl groups excluding tert-OH is 1. The van der Waals surface area contributed by atoms with Crippen LogP contribution in [0.15, 0.2) is 18.2 Å². The van der Waals surface area contributed by atoms with E-state index in [1.807, 2.05) is 0 Å². The number of halogens is 2. The maximum atomic E-state index is 13.4. The number of methoxy groups -OCH3 is 1. The molecule has 0 aliphatic carbocycles. The van der Waals surface area contributed by atoms with Gasteiger partial charge in [0.1, 0.15) is 5.75 Å². The molecule has 96 valence electrons. The average Bonchev–Trinajstić information content (AvgIpc) is 2.27. The maximum absolute atomic E-state index is 13.4. The van der Waals surface area contributed by atoms with Crippen molar-refractivity contribution < 1.29 is 18.6 Å². The zero-order valence-electron chi connectivity index (χ0n) is 10.1. The van der Waals surface area contributed by atoms with Crippen molar-refractivity contribution in [2.24, 2.45) is 0 Å². The fraction of sp³-hybridized carbons (Fsp3) is 0.500. The standard InChI is InChI=1S/C12H17F2NO2/c1-12(13,14)9-6-8(10(16)7-15-2)4-5-11(9)17-3/h4-6,10,15-16H,7H2,1-3H3. The molecule has 0 amide bonds. The summed E-state index contributed by atoms with van der Waals surface area (Å²) in [6.07, 6.45) is -0.813. The molecule has 17 heavy (non-hydrogen) atoms. The second-order valence-electron chi connectivity index (χ2n) is 3.92. The van der Waals surface area contributed by atoms with E-state index in [1.54, 1.807) is 13.1 Å². The molecule has 0 saturated carbocycles. The lowest BCUT2D eigenvalue weighted by molar-refractivity contribution is 0.0148. The zero-order chi connectivity index (χ0) is 13.1. The molecule has 1 aromatic rings. The Morgan fingerprint density at radius 2 is 2.12 bits per heavy atom. The molecule has 0 radical (unpaired) electrons. The summed E-state index contributed by atoms with van der Waals surface area (Å²) in [7, 11) is 3.02. The lowest BCUT2D eigenvalue weighted by Crippen LogP contribution is -2.18. The molecule has 2 N–H and O–H groups in total. The molecule has 0 spiro atoms. The molecule has 5 heteroatoms. The highest BCUT2D eigenvalue weighted by Gasteiger charge is 2.29. The fourth-order valence-corrected chi connectivity index (χ4v) is 1.59. The van der Waals surface area contributed by atoms with E-state index in [-0.39, 0.29) is 11.3 Å². The van der Waals surface area contributed by atoms with Crippen LogP contribution in [0.25, 0.3) is 0 Å². The number of ether oxygens (including phenoxy) is 1. The first-order valence-corrected chi connectivity index (χ1v) is 5.29. The van der Waals surface area contributed by atoms with Gasteiger partial charge in [-0.15, -0.1) is 0 Å². The molecule has 0 heterocycles. The normalized spacial score (nSPS) is 13.5. The first-order chi connectivity index (χ1) is 7.90. The van der Waals surface area contributed by atoms with Crippen LogP contribution in [0.3, 0.4) is 0 Å². The van der Waals surface area contributed by atoms with Gasteiger partial charge in [0.25, 0.3) is 5.92 Å². The molecule has 3 nitrogen and oxygen atoms in total. The second-order valence-corrected chi connectivity index (χ2v) is 3.92. The Bertz CT molecular complexity index is 377. The number of likely N-dealkylation sites (N-methyl/N-ethyl adjacent to an activating group) is 1. The minimum Gasteiger partial charge on any atom is -0.496 e. The zero-order valence-corrected chi connectivity index (χ0v) is 10.1. The van der Waals surface area contributed by atoms with Crippen LogP contribution >= 0.6 is 0 Å². The molecular weight excluding hydrogens is 228 g/mol. The third-order valence-electron chi connectivity index (χ3n) is 2.48. The van der Waals surface area contributed by atoms with E-state index in [2.05, 4.69) is 5.32 Å². The quantitative estimate of drug-likeness (QED) is 0.834. The lowest BCUT2D eigenvalue weighted by Gasteiger charge is -2.18. The summed E-state index contributed by atoms with van der Waals surface area (Å²) in [6, 6.07) is 4.30. The molecule has 1 aromatic carbocycles. The van der Waals surface area contributed by atoms with Crippen LogP contribution in [0.2, 0.25) is 0 Å². The van der Waals surface area contributed by atoms with E-state index in [0.29, 0.717) is 12.1 Å². The minimum atomic E-state index is -3.00. The van der Waals surface area contributed by atoms with E-state index in [4.69, 9.17) is 4.74 Å². The molecule has 0 aromatic heterocycles. The fourth-order valence-electron chi connectivity index (χ4n) is 1.59. The molecule has 0 aliphatic heterocycles. The van der Waals surface area contributed by atoms with Gasteiger partial charge < -0.3 is 15.2 Å². The molecule has 0 saturated heterocycles. The Balaban J connectivity index is 3.13. The predicted molar refractivity (Wildman–Crippen MR) is 61.4 cm³/mol. The van der Waals surface area contributed by atoms with Crippen LogP contribution in [0.1, 0.15) is 24.2 Å². The van der Waals surface area contributed by atoms with Gasteiger partial charge in [-0.25, -0.2) is 8.78 Å². The Morgan fingerprint density at radius 1 is 1.47 bits per heavy atom. The highest BCUT2D eigenvalue weighted by molar-refractivity contribution is 5.40. The van der Waals surface area contributed by atoms with Crippen molar-refractivity contribution in [3.05, 3.63) is 29.3 Å². The lowest BCUT2D eigenvalue weighted by atomic mass is 10.0. The third kappa shape index (κ3) is 3.38. The van der Waals surface area contributed by atoms with E-state index in [9.17, 15) is 13.9 Å². The summed E-state index contributed by atoms with van der Waals surface area (Å²) in [5, 5.41) is 12.5. The van der Waals surface area contributed by atoms with Crippen LogP contribution in [-0.2, 0) is 5.92 Å². The van der Waals surface area contributed by atoms with Crippen LogP contribution in [0, 0.1) is 0 Å². The summed E-state index contributed by atoms with van der Waals surface area (Å²) in [5.41, 5.74) is 0.226. The first-order valence-electron chi connectivity index (χ1n) is 5.29. The van der Waals surface area contributed by atoms with Crippen molar-refractivity contribution >= 4 is 0 Å². The van der Waals surface area contributed by atoms with Gasteiger partial charge in [-0.3, -0.25) is 0 Å². The van der Waals surface area contributed by atoms with Gasteiger partial charge >= 0.3 is 0 Å². The van der Waals surface area contributed by atoms with Gasteiger partial charge in [-0.1, -0.05) is 6.07 Å². The maximum Gasteiger partial charge on any atom is 0.274 e. The summed E-state index contributed by atoms with van der Waals surface area (Å²) >= 11 is 0. The van der Waals surface area contributed by atoms with Crippen molar-refractivity contribution in [3.63, 3.8) is 0 Å². The highest BCUT2D eigenvalue weighted by atomic mass is 19.3. The molecule has 1 unspecified atom stereocenters. The van der Waals surface area contributed by atoms with Gasteiger partial charge in [0.15, 0.2) is 0 Å². The Kier molecular flexibility index (Phi) is 4.42. The number of hydrogen-bond donors (Lipinski definition) is 2. The molecule has 1 rings (SSSR count). The molecule has 0 aliphatic rings. The predicted octanol–water partition coefficient (Wildman–Crippen LogP) is 2.06. The Hall–Kier alpha value is -1.20. The average molecular weight is 245 g/mol. The van der Waals surface area contributed by atoms with Crippen LogP contribution < -0.4 is 10.1 Å². The summed E-state index contributed by atoms with van der Waals surface area (Å²) in [5.74, 6) is -2.88. The number of aliphatic hydroxyl groups is 1. The number of nitrogens with one attached hydrogen (secondary N) is 1. The first kappa shape index (κ1) is 13.9. The summed E-state index contributed by atoms with van der Waals surface area (Å²) in [4.78, 5) is 0. The Morgan fingerprint density at radius 3 is 2.59 bits per heavy atom. The van der Waals surface area contributed by atoms with Gasteiger partial charge in [-0.05, 0) is 24.7 Å². The third-order valence-corrected chi connectivity index (χ3v) is 2.48. The second kappa shape index (κ2) is 5.42. The van der Waals surface area contributed by atoms with Gasteiger partial charge in [0, 0.05) is 13.5 Å².